The lowest BCUT2D eigenvalue weighted by atomic mass is 10.1. The maximum Gasteiger partial charge on any atom is 0.0780 e. The Morgan fingerprint density at radius 1 is 0.882 bits per heavy atom. The van der Waals surface area contributed by atoms with Gasteiger partial charge in [-0.3, -0.25) is 5.01 Å². The van der Waals surface area contributed by atoms with E-state index >= 15 is 0 Å². The molecule has 0 radical (unpaired) electrons. The molecule has 0 saturated heterocycles. The molecule has 17 heavy (non-hydrogen) atoms. The molecule has 2 aromatic carbocycles. The minimum absolute atomic E-state index is 0.810. The second kappa shape index (κ2) is 4.29. The van der Waals surface area contributed by atoms with Gasteiger partial charge in [-0.25, -0.2) is 5.53 Å². The monoisotopic (exact) mass is 223 g/mol. The number of nitrogens with one attached hydrogen (secondary N) is 1. The highest BCUT2D eigenvalue weighted by atomic mass is 15.7. The minimum Gasteiger partial charge on any atom is -0.267 e. The van der Waals surface area contributed by atoms with E-state index in [2.05, 4.69) is 59.2 Å². The first-order valence-electron chi connectivity index (χ1n) is 5.64. The standard InChI is InChI=1S/C14H13N3/c1-2-4-12(5-3-1)13-6-8-14(9-7-13)17-11-10-15-16-17/h1-10,16H,11H2. The third-order valence-corrected chi connectivity index (χ3v) is 2.82. The van der Waals surface area contributed by atoms with Crippen molar-refractivity contribution >= 4 is 11.9 Å². The smallest absolute Gasteiger partial charge is 0.0780 e. The van der Waals surface area contributed by atoms with Crippen molar-refractivity contribution in [1.82, 2.24) is 5.53 Å². The van der Waals surface area contributed by atoms with Crippen LogP contribution in [-0.4, -0.2) is 12.8 Å². The number of rotatable bonds is 2. The molecule has 84 valence electrons. The van der Waals surface area contributed by atoms with Gasteiger partial charge in [-0.2, -0.15) is 5.10 Å². The van der Waals surface area contributed by atoms with Gasteiger partial charge in [-0.05, 0) is 23.3 Å². The summed E-state index contributed by atoms with van der Waals surface area (Å²) in [6.45, 7) is 0.810. The van der Waals surface area contributed by atoms with E-state index in [-0.39, 0.29) is 0 Å². The fraction of sp³-hybridized carbons (Fsp3) is 0.0714. The molecule has 0 aliphatic carbocycles. The average molecular weight is 223 g/mol. The average Bonchev–Trinajstić information content (AvgIpc) is 2.94. The van der Waals surface area contributed by atoms with Crippen LogP contribution in [-0.2, 0) is 0 Å². The number of hydrazine groups is 1. The van der Waals surface area contributed by atoms with E-state index in [0.717, 1.165) is 12.2 Å². The Kier molecular flexibility index (Phi) is 2.50. The molecule has 0 spiro atoms. The topological polar surface area (TPSA) is 27.6 Å². The maximum atomic E-state index is 3.97. The lowest BCUT2D eigenvalue weighted by Crippen LogP contribution is -2.29. The lowest BCUT2D eigenvalue weighted by molar-refractivity contribution is 0.749. The molecule has 3 heteroatoms. The van der Waals surface area contributed by atoms with Crippen molar-refractivity contribution in [1.29, 1.82) is 0 Å². The molecule has 0 bridgehead atoms. The normalized spacial score (nSPS) is 13.8. The fourth-order valence-electron chi connectivity index (χ4n) is 1.90. The van der Waals surface area contributed by atoms with Gasteiger partial charge in [0.25, 0.3) is 0 Å². The third-order valence-electron chi connectivity index (χ3n) is 2.82. The molecule has 0 saturated carbocycles. The van der Waals surface area contributed by atoms with Crippen LogP contribution in [0.3, 0.4) is 0 Å². The highest BCUT2D eigenvalue weighted by molar-refractivity contribution is 5.70. The van der Waals surface area contributed by atoms with Crippen LogP contribution < -0.4 is 10.5 Å². The predicted molar refractivity (Wildman–Crippen MR) is 70.9 cm³/mol. The van der Waals surface area contributed by atoms with E-state index in [1.54, 1.807) is 0 Å². The first-order chi connectivity index (χ1) is 8.43. The number of hydrogen-bond donors (Lipinski definition) is 1. The first kappa shape index (κ1) is 9.90. The highest BCUT2D eigenvalue weighted by Crippen LogP contribution is 2.22. The molecular formula is C14H13N3. The van der Waals surface area contributed by atoms with E-state index < -0.39 is 0 Å². The largest absolute Gasteiger partial charge is 0.267 e. The van der Waals surface area contributed by atoms with Gasteiger partial charge in [-0.15, -0.1) is 0 Å². The van der Waals surface area contributed by atoms with E-state index in [9.17, 15) is 0 Å². The summed E-state index contributed by atoms with van der Waals surface area (Å²) in [6, 6.07) is 18.8. The highest BCUT2D eigenvalue weighted by Gasteiger charge is 2.07. The summed E-state index contributed by atoms with van der Waals surface area (Å²) in [5, 5.41) is 5.97. The van der Waals surface area contributed by atoms with Crippen molar-refractivity contribution in [3.05, 3.63) is 54.6 Å². The molecule has 2 aromatic rings. The molecule has 0 unspecified atom stereocenters. The molecule has 0 amide bonds. The zero-order valence-corrected chi connectivity index (χ0v) is 9.38. The molecule has 1 aliphatic heterocycles. The molecule has 1 aliphatic rings. The summed E-state index contributed by atoms with van der Waals surface area (Å²) >= 11 is 0. The van der Waals surface area contributed by atoms with Gasteiger partial charge >= 0.3 is 0 Å². The summed E-state index contributed by atoms with van der Waals surface area (Å²) in [5.41, 5.74) is 6.53. The molecule has 1 heterocycles. The van der Waals surface area contributed by atoms with Gasteiger partial charge in [0.1, 0.15) is 0 Å². The van der Waals surface area contributed by atoms with Crippen molar-refractivity contribution in [3.63, 3.8) is 0 Å². The van der Waals surface area contributed by atoms with Crippen molar-refractivity contribution in [2.45, 2.75) is 0 Å². The van der Waals surface area contributed by atoms with Crippen molar-refractivity contribution in [2.75, 3.05) is 11.6 Å². The van der Waals surface area contributed by atoms with E-state index in [1.165, 1.54) is 11.1 Å². The SMILES string of the molecule is C1=NNN(c2ccc(-c3ccccc3)cc2)C1. The van der Waals surface area contributed by atoms with Crippen LogP contribution in [0.25, 0.3) is 11.1 Å². The third kappa shape index (κ3) is 1.99. The number of benzene rings is 2. The van der Waals surface area contributed by atoms with Crippen LogP contribution in [0.2, 0.25) is 0 Å². The summed E-state index contributed by atoms with van der Waals surface area (Å²) in [5.74, 6) is 0. The van der Waals surface area contributed by atoms with Crippen LogP contribution >= 0.6 is 0 Å². The molecule has 0 atom stereocenters. The molecule has 0 fully saturated rings. The van der Waals surface area contributed by atoms with Crippen LogP contribution in [0.15, 0.2) is 59.7 Å². The fourth-order valence-corrected chi connectivity index (χ4v) is 1.90. The Morgan fingerprint density at radius 2 is 1.59 bits per heavy atom. The number of hydrogen-bond acceptors (Lipinski definition) is 3. The lowest BCUT2D eigenvalue weighted by Gasteiger charge is -2.16. The Morgan fingerprint density at radius 3 is 2.24 bits per heavy atom. The zero-order valence-electron chi connectivity index (χ0n) is 9.38. The van der Waals surface area contributed by atoms with Crippen LogP contribution in [0.5, 0.6) is 0 Å². The molecule has 0 aromatic heterocycles. The molecule has 1 N–H and O–H groups in total. The Hall–Kier alpha value is -2.29. The Bertz CT molecular complexity index is 509. The summed E-state index contributed by atoms with van der Waals surface area (Å²) in [6.07, 6.45) is 1.85. The quantitative estimate of drug-likeness (QED) is 0.847. The van der Waals surface area contributed by atoms with Gasteiger partial charge in [0, 0.05) is 6.21 Å². The van der Waals surface area contributed by atoms with Gasteiger partial charge in [0.05, 0.1) is 12.2 Å². The second-order valence-electron chi connectivity index (χ2n) is 3.94. The van der Waals surface area contributed by atoms with Crippen LogP contribution in [0.4, 0.5) is 5.69 Å². The molecular weight excluding hydrogens is 210 g/mol. The maximum absolute atomic E-state index is 3.97. The first-order valence-corrected chi connectivity index (χ1v) is 5.64. The van der Waals surface area contributed by atoms with E-state index in [1.807, 2.05) is 17.3 Å². The van der Waals surface area contributed by atoms with Gasteiger partial charge in [0.15, 0.2) is 0 Å². The number of hydrazone groups is 1. The Labute approximate surface area is 100 Å². The number of anilines is 1. The van der Waals surface area contributed by atoms with Gasteiger partial charge < -0.3 is 0 Å². The van der Waals surface area contributed by atoms with Crippen molar-refractivity contribution in [3.8, 4) is 11.1 Å². The molecule has 3 rings (SSSR count). The second-order valence-corrected chi connectivity index (χ2v) is 3.94. The van der Waals surface area contributed by atoms with Gasteiger partial charge in [0.2, 0.25) is 0 Å². The minimum atomic E-state index is 0.810. The molecule has 3 nitrogen and oxygen atoms in total. The summed E-state index contributed by atoms with van der Waals surface area (Å²) in [4.78, 5) is 0. The van der Waals surface area contributed by atoms with Crippen molar-refractivity contribution in [2.24, 2.45) is 5.10 Å². The van der Waals surface area contributed by atoms with E-state index in [4.69, 9.17) is 0 Å². The number of nitrogens with zero attached hydrogens (tertiary/aromatic N) is 2. The van der Waals surface area contributed by atoms with Gasteiger partial charge in [-0.1, -0.05) is 42.5 Å². The van der Waals surface area contributed by atoms with Crippen molar-refractivity contribution < 1.29 is 0 Å². The van der Waals surface area contributed by atoms with E-state index in [0.29, 0.717) is 0 Å². The summed E-state index contributed by atoms with van der Waals surface area (Å²) < 4.78 is 0. The van der Waals surface area contributed by atoms with Crippen LogP contribution in [0.1, 0.15) is 0 Å². The summed E-state index contributed by atoms with van der Waals surface area (Å²) in [7, 11) is 0. The zero-order chi connectivity index (χ0) is 11.5. The predicted octanol–water partition coefficient (Wildman–Crippen LogP) is 2.66. The van der Waals surface area contributed by atoms with Crippen LogP contribution in [0, 0.1) is 0 Å². The Balaban J connectivity index is 1.85.